The van der Waals surface area contributed by atoms with Crippen molar-refractivity contribution in [3.05, 3.63) is 49.0 Å². The molecule has 4 rings (SSSR count). The fourth-order valence-corrected chi connectivity index (χ4v) is 6.36. The maximum Gasteiger partial charge on any atom is 0.259 e. The smallest absolute Gasteiger partial charge is 0.259 e. The summed E-state index contributed by atoms with van der Waals surface area (Å²) in [7, 11) is 0. The monoisotopic (exact) mass is 424 g/mol. The van der Waals surface area contributed by atoms with Crippen molar-refractivity contribution in [2.75, 3.05) is 0 Å². The molecule has 0 aliphatic heterocycles. The van der Waals surface area contributed by atoms with E-state index in [9.17, 15) is 10.1 Å². The maximum absolute atomic E-state index is 12.9. The van der Waals surface area contributed by atoms with Crippen molar-refractivity contribution < 1.29 is 0 Å². The van der Waals surface area contributed by atoms with Crippen LogP contribution < -0.4 is 5.56 Å². The summed E-state index contributed by atoms with van der Waals surface area (Å²) in [4.78, 5) is 27.5. The molecule has 0 aromatic carbocycles. The van der Waals surface area contributed by atoms with Crippen molar-refractivity contribution in [3.63, 3.8) is 0 Å². The minimum Gasteiger partial charge on any atom is -0.309 e. The van der Waals surface area contributed by atoms with E-state index < -0.39 is 0 Å². The van der Waals surface area contributed by atoms with Gasteiger partial charge in [0.15, 0.2) is 0 Å². The first kappa shape index (κ1) is 20.1. The SMILES string of the molecule is Cc1nc(S[C@H](C)c2nc3sc4c(c3c(=O)[nH]2)CC[C@@H](C)C4)c(C#N)c(C)c1C. The lowest BCUT2D eigenvalue weighted by Crippen LogP contribution is -2.15. The Bertz CT molecular complexity index is 1220. The molecule has 0 saturated heterocycles. The summed E-state index contributed by atoms with van der Waals surface area (Å²) >= 11 is 3.14. The summed E-state index contributed by atoms with van der Waals surface area (Å²) < 4.78 is 0. The summed E-state index contributed by atoms with van der Waals surface area (Å²) in [5.74, 6) is 1.30. The van der Waals surface area contributed by atoms with Gasteiger partial charge in [0.25, 0.3) is 5.56 Å². The van der Waals surface area contributed by atoms with Gasteiger partial charge in [0.1, 0.15) is 21.7 Å². The number of nitrogens with zero attached hydrogens (tertiary/aromatic N) is 3. The molecular formula is C22H24N4OS2. The molecule has 0 bridgehead atoms. The fourth-order valence-electron chi connectivity index (χ4n) is 3.91. The van der Waals surface area contributed by atoms with Crippen LogP contribution in [0.2, 0.25) is 0 Å². The summed E-state index contributed by atoms with van der Waals surface area (Å²) in [5, 5.41) is 11.0. The number of nitrogens with one attached hydrogen (secondary N) is 1. The summed E-state index contributed by atoms with van der Waals surface area (Å²) in [6, 6.07) is 2.29. The van der Waals surface area contributed by atoms with Gasteiger partial charge < -0.3 is 4.98 Å². The molecule has 1 aliphatic rings. The number of nitriles is 1. The van der Waals surface area contributed by atoms with Crippen LogP contribution in [0.25, 0.3) is 10.2 Å². The molecule has 29 heavy (non-hydrogen) atoms. The van der Waals surface area contributed by atoms with E-state index in [2.05, 4.69) is 23.0 Å². The van der Waals surface area contributed by atoms with Gasteiger partial charge in [0.2, 0.25) is 0 Å². The Morgan fingerprint density at radius 2 is 2.03 bits per heavy atom. The second-order valence-corrected chi connectivity index (χ2v) is 10.4. The van der Waals surface area contributed by atoms with Gasteiger partial charge in [0, 0.05) is 10.6 Å². The average Bonchev–Trinajstić information content (AvgIpc) is 3.04. The number of pyridine rings is 1. The third kappa shape index (κ3) is 3.49. The van der Waals surface area contributed by atoms with E-state index in [1.165, 1.54) is 22.2 Å². The number of thioether (sulfide) groups is 1. The Kier molecular flexibility index (Phi) is 5.26. The highest BCUT2D eigenvalue weighted by Gasteiger charge is 2.24. The lowest BCUT2D eigenvalue weighted by atomic mass is 9.89. The number of fused-ring (bicyclic) bond motifs is 3. The first-order valence-corrected chi connectivity index (χ1v) is 11.6. The zero-order chi connectivity index (χ0) is 20.9. The number of aromatic amines is 1. The van der Waals surface area contributed by atoms with Crippen molar-refractivity contribution in [2.24, 2.45) is 5.92 Å². The summed E-state index contributed by atoms with van der Waals surface area (Å²) in [6.45, 7) is 10.2. The summed E-state index contributed by atoms with van der Waals surface area (Å²) in [6.07, 6.45) is 3.12. The molecule has 2 atom stereocenters. The van der Waals surface area contributed by atoms with Crippen molar-refractivity contribution >= 4 is 33.3 Å². The maximum atomic E-state index is 12.9. The molecule has 3 aromatic heterocycles. The van der Waals surface area contributed by atoms with Crippen LogP contribution in [0.1, 0.15) is 64.2 Å². The van der Waals surface area contributed by atoms with Crippen LogP contribution in [0.15, 0.2) is 9.82 Å². The first-order chi connectivity index (χ1) is 13.8. The molecule has 5 nitrogen and oxygen atoms in total. The molecule has 150 valence electrons. The van der Waals surface area contributed by atoms with Crippen LogP contribution in [-0.2, 0) is 12.8 Å². The minimum atomic E-state index is -0.119. The summed E-state index contributed by atoms with van der Waals surface area (Å²) in [5.41, 5.74) is 4.69. The Morgan fingerprint density at radius 3 is 2.76 bits per heavy atom. The van der Waals surface area contributed by atoms with Crippen molar-refractivity contribution in [1.82, 2.24) is 15.0 Å². The Balaban J connectivity index is 1.73. The van der Waals surface area contributed by atoms with Gasteiger partial charge >= 0.3 is 0 Å². The number of aromatic nitrogens is 3. The molecule has 7 heteroatoms. The van der Waals surface area contributed by atoms with Gasteiger partial charge in [-0.3, -0.25) is 4.79 Å². The third-order valence-electron chi connectivity index (χ3n) is 5.93. The number of hydrogen-bond acceptors (Lipinski definition) is 6. The normalized spacial score (nSPS) is 17.2. The van der Waals surface area contributed by atoms with E-state index >= 15 is 0 Å². The Labute approximate surface area is 178 Å². The molecule has 0 radical (unpaired) electrons. The van der Waals surface area contributed by atoms with Crippen LogP contribution >= 0.6 is 23.1 Å². The van der Waals surface area contributed by atoms with Crippen LogP contribution in [-0.4, -0.2) is 15.0 Å². The lowest BCUT2D eigenvalue weighted by molar-refractivity contribution is 0.509. The molecule has 0 saturated carbocycles. The quantitative estimate of drug-likeness (QED) is 0.588. The van der Waals surface area contributed by atoms with Gasteiger partial charge in [-0.25, -0.2) is 9.97 Å². The van der Waals surface area contributed by atoms with Crippen LogP contribution in [0, 0.1) is 38.0 Å². The molecule has 3 heterocycles. The van der Waals surface area contributed by atoms with E-state index in [1.54, 1.807) is 11.3 Å². The predicted molar refractivity (Wildman–Crippen MR) is 119 cm³/mol. The Hall–Kier alpha value is -2.17. The van der Waals surface area contributed by atoms with E-state index in [-0.39, 0.29) is 10.8 Å². The van der Waals surface area contributed by atoms with Gasteiger partial charge in [-0.15, -0.1) is 11.3 Å². The molecular weight excluding hydrogens is 400 g/mol. The van der Waals surface area contributed by atoms with Gasteiger partial charge in [-0.05, 0) is 69.6 Å². The van der Waals surface area contributed by atoms with Crippen molar-refractivity contribution in [3.8, 4) is 6.07 Å². The first-order valence-electron chi connectivity index (χ1n) is 9.89. The van der Waals surface area contributed by atoms with Gasteiger partial charge in [-0.1, -0.05) is 18.7 Å². The molecule has 1 aliphatic carbocycles. The average molecular weight is 425 g/mol. The highest BCUT2D eigenvalue weighted by atomic mass is 32.2. The largest absolute Gasteiger partial charge is 0.309 e. The highest BCUT2D eigenvalue weighted by molar-refractivity contribution is 7.99. The topological polar surface area (TPSA) is 82.4 Å². The van der Waals surface area contributed by atoms with Gasteiger partial charge in [0.05, 0.1) is 16.2 Å². The minimum absolute atomic E-state index is 0.0470. The zero-order valence-corrected chi connectivity index (χ0v) is 19.0. The van der Waals surface area contributed by atoms with Crippen molar-refractivity contribution in [2.45, 2.75) is 64.2 Å². The number of H-pyrrole nitrogens is 1. The van der Waals surface area contributed by atoms with Crippen molar-refractivity contribution in [1.29, 1.82) is 5.26 Å². The number of rotatable bonds is 3. The highest BCUT2D eigenvalue weighted by Crippen LogP contribution is 2.38. The lowest BCUT2D eigenvalue weighted by Gasteiger charge is -2.17. The molecule has 0 unspecified atom stereocenters. The molecule has 0 fully saturated rings. The molecule has 3 aromatic rings. The second kappa shape index (κ2) is 7.58. The molecule has 0 spiro atoms. The molecule has 0 amide bonds. The molecule has 1 N–H and O–H groups in total. The third-order valence-corrected chi connectivity index (χ3v) is 8.18. The standard InChI is InChI=1S/C22H24N4OS2/c1-10-6-7-15-17(8-10)29-22-18(15)20(27)25-19(26-22)14(5)28-21-16(9-23)12(3)11(2)13(4)24-21/h10,14H,6-8H2,1-5H3,(H,25,26,27)/t10-,14-/m1/s1. The van der Waals surface area contributed by atoms with Gasteiger partial charge in [-0.2, -0.15) is 5.26 Å². The zero-order valence-electron chi connectivity index (χ0n) is 17.3. The van der Waals surface area contributed by atoms with E-state index in [0.717, 1.165) is 46.3 Å². The fraction of sp³-hybridized carbons (Fsp3) is 0.455. The number of thiophene rings is 1. The van der Waals surface area contributed by atoms with E-state index in [1.807, 2.05) is 27.7 Å². The number of aryl methyl sites for hydroxylation is 2. The number of hydrogen-bond donors (Lipinski definition) is 1. The van der Waals surface area contributed by atoms with Crippen LogP contribution in [0.3, 0.4) is 0 Å². The van der Waals surface area contributed by atoms with Crippen LogP contribution in [0.4, 0.5) is 0 Å². The second-order valence-electron chi connectivity index (χ2n) is 7.98. The predicted octanol–water partition coefficient (Wildman–Crippen LogP) is 5.15. The Morgan fingerprint density at radius 1 is 1.28 bits per heavy atom. The van der Waals surface area contributed by atoms with E-state index in [0.29, 0.717) is 22.3 Å². The van der Waals surface area contributed by atoms with Crippen LogP contribution in [0.5, 0.6) is 0 Å². The van der Waals surface area contributed by atoms with E-state index in [4.69, 9.17) is 4.98 Å².